The third kappa shape index (κ3) is 57.1. The number of nitrogens with one attached hydrogen (secondary N) is 1. The molecule has 78 heavy (non-hydrogen) atoms. The lowest BCUT2D eigenvalue weighted by molar-refractivity contribution is -0.870. The molecule has 0 fully saturated rings. The van der Waals surface area contributed by atoms with Crippen LogP contribution >= 0.6 is 7.82 Å². The van der Waals surface area contributed by atoms with Crippen LogP contribution in [0.15, 0.2) is 122 Å². The van der Waals surface area contributed by atoms with Gasteiger partial charge in [0.1, 0.15) is 19.3 Å². The molecule has 0 bridgehead atoms. The van der Waals surface area contributed by atoms with Gasteiger partial charge in [-0.25, -0.2) is 0 Å². The molecule has 0 spiro atoms. The van der Waals surface area contributed by atoms with Crippen LogP contribution in [0.25, 0.3) is 0 Å². The quantitative estimate of drug-likeness (QED) is 0.0212. The Morgan fingerprint density at radius 2 is 0.821 bits per heavy atom. The van der Waals surface area contributed by atoms with Crippen LogP contribution in [0.4, 0.5) is 0 Å². The summed E-state index contributed by atoms with van der Waals surface area (Å²) in [6.07, 6.45) is 78.8. The molecule has 0 aromatic carbocycles. The van der Waals surface area contributed by atoms with Gasteiger partial charge in [0, 0.05) is 12.8 Å². The van der Waals surface area contributed by atoms with Crippen molar-refractivity contribution in [1.29, 1.82) is 0 Å². The topological polar surface area (TPSA) is 114 Å². The molecule has 9 nitrogen and oxygen atoms in total. The minimum Gasteiger partial charge on any atom is -0.756 e. The summed E-state index contributed by atoms with van der Waals surface area (Å²) in [5, 5.41) is 3.01. The number of nitrogens with zero attached hydrogens (tertiary/aromatic N) is 1. The predicted molar refractivity (Wildman–Crippen MR) is 334 cm³/mol. The van der Waals surface area contributed by atoms with Gasteiger partial charge in [-0.15, -0.1) is 0 Å². The number of quaternary nitrogens is 1. The maximum Gasteiger partial charge on any atom is 0.306 e. The summed E-state index contributed by atoms with van der Waals surface area (Å²) in [4.78, 5) is 40.0. The monoisotopic (exact) mass is 1100 g/mol. The van der Waals surface area contributed by atoms with Gasteiger partial charge in [0.05, 0.1) is 33.8 Å². The Morgan fingerprint density at radius 3 is 1.23 bits per heavy atom. The Hall–Kier alpha value is -3.59. The fraction of sp³-hybridized carbons (Fsp3) is 0.676. The highest BCUT2D eigenvalue weighted by atomic mass is 31.2. The van der Waals surface area contributed by atoms with Crippen molar-refractivity contribution in [2.75, 3.05) is 40.9 Å². The molecule has 446 valence electrons. The standard InChI is InChI=1S/C68H117N2O7P/c1-7-10-13-16-19-22-25-28-30-31-32-33-34-35-36-37-38-39-40-43-46-49-52-55-58-61-68(72)77-66(59-56-53-50-47-44-41-27-24-21-18-15-12-9-3)65(64-76-78(73,74)75-63-62-70(4,5)6)69-67(71)60-57-54-51-48-45-42-29-26-23-20-17-14-11-8-2/h10-11,13-14,19-20,22-23,28-30,32-33,35-36,38-39,42,56,59,65-66H,7-9,12,15-18,21,24-27,31,34,37,40-41,43-55,57-58,60-64H2,1-6H3,(H-,69,71,73,74)/b13-10-,14-11+,22-19-,23-20+,30-28-,33-32-,36-35-,39-38-,42-29+,59-56-. The molecule has 0 saturated carbocycles. The van der Waals surface area contributed by atoms with Crippen LogP contribution in [0.5, 0.6) is 0 Å². The average molecular weight is 1110 g/mol. The van der Waals surface area contributed by atoms with E-state index in [2.05, 4.69) is 135 Å². The van der Waals surface area contributed by atoms with Gasteiger partial charge in [-0.05, 0) is 115 Å². The summed E-state index contributed by atoms with van der Waals surface area (Å²) in [5.74, 6) is -0.591. The van der Waals surface area contributed by atoms with Crippen molar-refractivity contribution in [2.24, 2.45) is 0 Å². The zero-order valence-corrected chi connectivity index (χ0v) is 51.7. The maximum absolute atomic E-state index is 13.5. The number of amides is 1. The SMILES string of the molecule is CC/C=C\C/C=C\C/C=C\C/C=C\C/C=C\C/C=C\CCCCCCCCC(=O)OC(/C=C\CCCCCCCCCCCCC)C(COP(=O)([O-])OCC[N+](C)(C)C)NC(=O)CCCCCC/C=C/C/C=C/C/C=C/CC. The van der Waals surface area contributed by atoms with Gasteiger partial charge in [-0.3, -0.25) is 14.2 Å². The van der Waals surface area contributed by atoms with E-state index in [4.69, 9.17) is 13.8 Å². The molecular weight excluding hydrogens is 988 g/mol. The lowest BCUT2D eigenvalue weighted by atomic mass is 10.0. The van der Waals surface area contributed by atoms with E-state index in [1.807, 2.05) is 33.3 Å². The summed E-state index contributed by atoms with van der Waals surface area (Å²) in [5.41, 5.74) is 0. The van der Waals surface area contributed by atoms with Crippen molar-refractivity contribution in [3.63, 3.8) is 0 Å². The van der Waals surface area contributed by atoms with Gasteiger partial charge < -0.3 is 28.5 Å². The van der Waals surface area contributed by atoms with E-state index in [1.165, 1.54) is 57.8 Å². The highest BCUT2D eigenvalue weighted by Crippen LogP contribution is 2.38. The number of hydrogen-bond acceptors (Lipinski definition) is 7. The van der Waals surface area contributed by atoms with Gasteiger partial charge in [-0.2, -0.15) is 0 Å². The molecule has 1 amide bonds. The van der Waals surface area contributed by atoms with Crippen molar-refractivity contribution in [3.8, 4) is 0 Å². The molecule has 1 N–H and O–H groups in total. The molecule has 0 saturated heterocycles. The molecular formula is C68H117N2O7P. The number of ether oxygens (including phenoxy) is 1. The van der Waals surface area contributed by atoms with Crippen LogP contribution in [-0.4, -0.2) is 69.4 Å². The third-order valence-electron chi connectivity index (χ3n) is 13.1. The molecule has 0 aromatic rings. The number of hydrogen-bond donors (Lipinski definition) is 1. The zero-order valence-electron chi connectivity index (χ0n) is 50.8. The van der Waals surface area contributed by atoms with E-state index in [0.717, 1.165) is 141 Å². The highest BCUT2D eigenvalue weighted by molar-refractivity contribution is 7.45. The Labute approximate surface area is 480 Å². The fourth-order valence-corrected chi connectivity index (χ4v) is 9.08. The number of allylic oxidation sites excluding steroid dienone is 19. The van der Waals surface area contributed by atoms with Crippen molar-refractivity contribution in [1.82, 2.24) is 5.32 Å². The van der Waals surface area contributed by atoms with E-state index in [0.29, 0.717) is 23.9 Å². The third-order valence-corrected chi connectivity index (χ3v) is 14.1. The summed E-state index contributed by atoms with van der Waals surface area (Å²) in [7, 11) is 1.14. The number of carbonyl (C=O) groups excluding carboxylic acids is 2. The molecule has 0 aliphatic heterocycles. The second-order valence-corrected chi connectivity index (χ2v) is 23.2. The van der Waals surface area contributed by atoms with Gasteiger partial charge in [0.25, 0.3) is 7.82 Å². The smallest absolute Gasteiger partial charge is 0.306 e. The molecule has 0 radical (unpaired) electrons. The molecule has 10 heteroatoms. The number of phosphoric ester groups is 1. The summed E-state index contributed by atoms with van der Waals surface area (Å²) in [6, 6.07) is -0.915. The average Bonchev–Trinajstić information content (AvgIpc) is 3.40. The number of unbranched alkanes of at least 4 members (excludes halogenated alkanes) is 21. The fourth-order valence-electron chi connectivity index (χ4n) is 8.36. The predicted octanol–water partition coefficient (Wildman–Crippen LogP) is 18.9. The first-order valence-electron chi connectivity index (χ1n) is 31.3. The van der Waals surface area contributed by atoms with E-state index >= 15 is 0 Å². The Balaban J connectivity index is 5.27. The van der Waals surface area contributed by atoms with E-state index < -0.39 is 26.6 Å². The summed E-state index contributed by atoms with van der Waals surface area (Å²) in [6.45, 7) is 6.57. The Kier molecular flexibility index (Phi) is 54.1. The highest BCUT2D eigenvalue weighted by Gasteiger charge is 2.27. The van der Waals surface area contributed by atoms with Crippen molar-refractivity contribution in [3.05, 3.63) is 122 Å². The second-order valence-electron chi connectivity index (χ2n) is 21.8. The normalized spacial score (nSPS) is 14.5. The number of phosphoric acid groups is 1. The summed E-state index contributed by atoms with van der Waals surface area (Å²) >= 11 is 0. The molecule has 0 aliphatic carbocycles. The molecule has 3 atom stereocenters. The van der Waals surface area contributed by atoms with Gasteiger partial charge >= 0.3 is 5.97 Å². The Bertz CT molecular complexity index is 1750. The van der Waals surface area contributed by atoms with E-state index in [9.17, 15) is 19.0 Å². The number of rotatable bonds is 55. The molecule has 0 rings (SSSR count). The molecule has 0 aliphatic rings. The number of esters is 1. The van der Waals surface area contributed by atoms with Crippen LogP contribution in [0, 0.1) is 0 Å². The minimum absolute atomic E-state index is 0.0359. The van der Waals surface area contributed by atoms with E-state index in [1.54, 1.807) is 0 Å². The first kappa shape index (κ1) is 74.4. The maximum atomic E-state index is 13.5. The van der Waals surface area contributed by atoms with Crippen molar-refractivity contribution in [2.45, 2.75) is 258 Å². The molecule has 3 unspecified atom stereocenters. The molecule has 0 heterocycles. The largest absolute Gasteiger partial charge is 0.756 e. The number of carbonyl (C=O) groups is 2. The van der Waals surface area contributed by atoms with Crippen LogP contribution in [0.2, 0.25) is 0 Å². The van der Waals surface area contributed by atoms with Crippen LogP contribution in [0.3, 0.4) is 0 Å². The molecule has 0 aromatic heterocycles. The van der Waals surface area contributed by atoms with Crippen LogP contribution < -0.4 is 10.2 Å². The summed E-state index contributed by atoms with van der Waals surface area (Å²) < 4.78 is 30.3. The van der Waals surface area contributed by atoms with E-state index in [-0.39, 0.29) is 31.3 Å². The minimum atomic E-state index is -4.72. The van der Waals surface area contributed by atoms with Gasteiger partial charge in [-0.1, -0.05) is 239 Å². The first-order chi connectivity index (χ1) is 37.9. The lowest BCUT2D eigenvalue weighted by Crippen LogP contribution is -2.47. The van der Waals surface area contributed by atoms with Crippen LogP contribution in [-0.2, 0) is 27.9 Å². The lowest BCUT2D eigenvalue weighted by Gasteiger charge is -2.30. The van der Waals surface area contributed by atoms with Gasteiger partial charge in [0.15, 0.2) is 0 Å². The first-order valence-corrected chi connectivity index (χ1v) is 32.8. The zero-order chi connectivity index (χ0) is 57.2. The number of likely N-dealkylation sites (N-methyl/N-ethyl adjacent to an activating group) is 1. The second kappa shape index (κ2) is 56.7. The van der Waals surface area contributed by atoms with Gasteiger partial charge in [0.2, 0.25) is 5.91 Å². The van der Waals surface area contributed by atoms with Crippen LogP contribution in [0.1, 0.15) is 245 Å². The van der Waals surface area contributed by atoms with Crippen molar-refractivity contribution >= 4 is 19.7 Å². The Morgan fingerprint density at radius 1 is 0.462 bits per heavy atom. The van der Waals surface area contributed by atoms with Crippen molar-refractivity contribution < 1.29 is 37.3 Å².